The summed E-state index contributed by atoms with van der Waals surface area (Å²) in [6, 6.07) is 5.15. The Bertz CT molecular complexity index is 514. The Hall–Kier alpha value is -2.18. The van der Waals surface area contributed by atoms with Gasteiger partial charge in [0.05, 0.1) is 12.8 Å². The van der Waals surface area contributed by atoms with E-state index in [0.29, 0.717) is 23.5 Å². The van der Waals surface area contributed by atoms with Crippen LogP contribution in [0, 0.1) is 0 Å². The molecule has 6 nitrogen and oxygen atoms in total. The van der Waals surface area contributed by atoms with Crippen LogP contribution in [0.2, 0.25) is 0 Å². The molecule has 0 aliphatic heterocycles. The van der Waals surface area contributed by atoms with Crippen molar-refractivity contribution in [3.05, 3.63) is 42.1 Å². The Morgan fingerprint density at radius 1 is 1.15 bits per heavy atom. The van der Waals surface area contributed by atoms with Gasteiger partial charge in [0.15, 0.2) is 0 Å². The van der Waals surface area contributed by atoms with Gasteiger partial charge in [-0.15, -0.1) is 0 Å². The van der Waals surface area contributed by atoms with E-state index in [-0.39, 0.29) is 0 Å². The van der Waals surface area contributed by atoms with Crippen molar-refractivity contribution in [2.75, 3.05) is 25.7 Å². The van der Waals surface area contributed by atoms with E-state index >= 15 is 0 Å². The highest BCUT2D eigenvalue weighted by Crippen LogP contribution is 2.22. The standard InChI is InChI=1S/C7H10N2O.C7H12N2O/c1-10-7-3-2-5(8)4-6(7)9;1-10-7(9)4-2-3-6(8)5-7/h2-4H,8-9H2,1H3;2-4H,5,8-9H2,1H3. The Morgan fingerprint density at radius 3 is 2.30 bits per heavy atom. The summed E-state index contributed by atoms with van der Waals surface area (Å²) >= 11 is 0. The number of nitrogen functional groups attached to an aromatic ring is 2. The van der Waals surface area contributed by atoms with Crippen LogP contribution in [0.4, 0.5) is 11.4 Å². The van der Waals surface area contributed by atoms with Crippen LogP contribution in [-0.2, 0) is 4.74 Å². The molecule has 2 rings (SSSR count). The molecule has 0 aromatic heterocycles. The van der Waals surface area contributed by atoms with Gasteiger partial charge in [-0.05, 0) is 30.4 Å². The van der Waals surface area contributed by atoms with Crippen LogP contribution in [0.3, 0.4) is 0 Å². The summed E-state index contributed by atoms with van der Waals surface area (Å²) in [5, 5.41) is 0. The van der Waals surface area contributed by atoms with E-state index in [1.165, 1.54) is 0 Å². The summed E-state index contributed by atoms with van der Waals surface area (Å²) in [7, 11) is 3.14. The predicted molar refractivity (Wildman–Crippen MR) is 81.8 cm³/mol. The summed E-state index contributed by atoms with van der Waals surface area (Å²) < 4.78 is 9.94. The first-order chi connectivity index (χ1) is 9.40. The summed E-state index contributed by atoms with van der Waals surface area (Å²) in [5.74, 6) is 0.661. The Kier molecular flexibility index (Phi) is 5.42. The molecule has 0 spiro atoms. The van der Waals surface area contributed by atoms with Crippen LogP contribution < -0.4 is 27.7 Å². The van der Waals surface area contributed by atoms with Gasteiger partial charge in [0, 0.05) is 24.9 Å². The molecule has 0 saturated carbocycles. The summed E-state index contributed by atoms with van der Waals surface area (Å²) in [5.41, 5.74) is 23.5. The zero-order chi connectivity index (χ0) is 15.2. The third-order valence-electron chi connectivity index (χ3n) is 2.80. The van der Waals surface area contributed by atoms with Crippen molar-refractivity contribution in [3.8, 4) is 5.75 Å². The lowest BCUT2D eigenvalue weighted by Gasteiger charge is -2.26. The van der Waals surface area contributed by atoms with E-state index in [1.54, 1.807) is 38.5 Å². The molecular formula is C14H22N4O2. The molecule has 1 aromatic rings. The van der Waals surface area contributed by atoms with Gasteiger partial charge in [-0.3, -0.25) is 5.73 Å². The van der Waals surface area contributed by atoms with Gasteiger partial charge in [-0.25, -0.2) is 0 Å². The number of hydrogen-bond donors (Lipinski definition) is 4. The molecule has 20 heavy (non-hydrogen) atoms. The largest absolute Gasteiger partial charge is 0.495 e. The number of ether oxygens (including phenoxy) is 2. The number of anilines is 2. The van der Waals surface area contributed by atoms with E-state index in [2.05, 4.69) is 0 Å². The molecular weight excluding hydrogens is 256 g/mol. The van der Waals surface area contributed by atoms with Gasteiger partial charge in [-0.1, -0.05) is 6.08 Å². The Morgan fingerprint density at radius 2 is 1.85 bits per heavy atom. The van der Waals surface area contributed by atoms with E-state index in [9.17, 15) is 0 Å². The zero-order valence-electron chi connectivity index (χ0n) is 11.8. The van der Waals surface area contributed by atoms with Crippen LogP contribution >= 0.6 is 0 Å². The van der Waals surface area contributed by atoms with Crippen molar-refractivity contribution >= 4 is 11.4 Å². The second-order valence-corrected chi connectivity index (χ2v) is 4.44. The van der Waals surface area contributed by atoms with Crippen LogP contribution in [0.5, 0.6) is 5.75 Å². The minimum Gasteiger partial charge on any atom is -0.495 e. The molecule has 8 N–H and O–H groups in total. The van der Waals surface area contributed by atoms with E-state index in [1.807, 2.05) is 12.2 Å². The maximum atomic E-state index is 5.72. The van der Waals surface area contributed by atoms with E-state index in [0.717, 1.165) is 5.70 Å². The Labute approximate surface area is 119 Å². The summed E-state index contributed by atoms with van der Waals surface area (Å²) in [6.45, 7) is 0. The molecule has 0 fully saturated rings. The zero-order valence-corrected chi connectivity index (χ0v) is 11.8. The quantitative estimate of drug-likeness (QED) is 0.472. The molecule has 1 aromatic carbocycles. The number of nitrogens with two attached hydrogens (primary N) is 4. The van der Waals surface area contributed by atoms with Crippen molar-refractivity contribution in [1.82, 2.24) is 0 Å². The molecule has 1 aliphatic carbocycles. The lowest BCUT2D eigenvalue weighted by atomic mass is 10.0. The summed E-state index contributed by atoms with van der Waals surface area (Å²) in [4.78, 5) is 0. The van der Waals surface area contributed by atoms with Crippen molar-refractivity contribution in [1.29, 1.82) is 0 Å². The maximum absolute atomic E-state index is 5.72. The van der Waals surface area contributed by atoms with Gasteiger partial charge in [-0.2, -0.15) is 0 Å². The molecule has 0 saturated heterocycles. The topological polar surface area (TPSA) is 123 Å². The second kappa shape index (κ2) is 6.83. The van der Waals surface area contributed by atoms with E-state index < -0.39 is 5.72 Å². The van der Waals surface area contributed by atoms with Crippen molar-refractivity contribution in [2.45, 2.75) is 12.1 Å². The highest BCUT2D eigenvalue weighted by Gasteiger charge is 2.22. The molecule has 0 amide bonds. The molecule has 6 heteroatoms. The fourth-order valence-corrected chi connectivity index (χ4v) is 1.66. The summed E-state index contributed by atoms with van der Waals surface area (Å²) in [6.07, 6.45) is 6.00. The van der Waals surface area contributed by atoms with Gasteiger partial charge in [0.25, 0.3) is 0 Å². The second-order valence-electron chi connectivity index (χ2n) is 4.44. The fraction of sp³-hybridized carbons (Fsp3) is 0.286. The Balaban J connectivity index is 0.000000200. The highest BCUT2D eigenvalue weighted by molar-refractivity contribution is 5.60. The van der Waals surface area contributed by atoms with E-state index in [4.69, 9.17) is 32.4 Å². The number of rotatable bonds is 2. The molecule has 110 valence electrons. The fourth-order valence-electron chi connectivity index (χ4n) is 1.66. The maximum Gasteiger partial charge on any atom is 0.141 e. The molecule has 1 atom stereocenters. The minimum absolute atomic E-state index is 0.569. The number of hydrogen-bond acceptors (Lipinski definition) is 6. The first-order valence-electron chi connectivity index (χ1n) is 6.07. The number of methoxy groups -OCH3 is 2. The van der Waals surface area contributed by atoms with Crippen LogP contribution in [-0.4, -0.2) is 19.9 Å². The minimum atomic E-state index is -0.682. The first-order valence-corrected chi connectivity index (χ1v) is 6.07. The van der Waals surface area contributed by atoms with Crippen molar-refractivity contribution in [2.24, 2.45) is 11.5 Å². The van der Waals surface area contributed by atoms with Gasteiger partial charge in [0.1, 0.15) is 11.5 Å². The molecule has 1 aliphatic rings. The van der Waals surface area contributed by atoms with Crippen LogP contribution in [0.1, 0.15) is 6.42 Å². The third-order valence-corrected chi connectivity index (χ3v) is 2.80. The smallest absolute Gasteiger partial charge is 0.141 e. The number of benzene rings is 1. The lowest BCUT2D eigenvalue weighted by Crippen LogP contribution is -2.41. The molecule has 0 bridgehead atoms. The van der Waals surface area contributed by atoms with Crippen molar-refractivity contribution < 1.29 is 9.47 Å². The molecule has 0 heterocycles. The van der Waals surface area contributed by atoms with Gasteiger partial charge in [0.2, 0.25) is 0 Å². The molecule has 1 unspecified atom stereocenters. The average molecular weight is 278 g/mol. The van der Waals surface area contributed by atoms with Gasteiger partial charge < -0.3 is 26.7 Å². The average Bonchev–Trinajstić information content (AvgIpc) is 2.39. The molecule has 0 radical (unpaired) electrons. The lowest BCUT2D eigenvalue weighted by molar-refractivity contribution is 0.0369. The number of allylic oxidation sites excluding steroid dienone is 2. The van der Waals surface area contributed by atoms with Gasteiger partial charge >= 0.3 is 0 Å². The van der Waals surface area contributed by atoms with Crippen LogP contribution in [0.25, 0.3) is 0 Å². The highest BCUT2D eigenvalue weighted by atomic mass is 16.5. The SMILES string of the molecule is COC1(N)C=CC=C(N)C1.COc1ccc(N)cc1N. The predicted octanol–water partition coefficient (Wildman–Crippen LogP) is 0.950. The first kappa shape index (κ1) is 15.9. The van der Waals surface area contributed by atoms with Crippen molar-refractivity contribution in [3.63, 3.8) is 0 Å². The normalized spacial score (nSPS) is 20.6. The monoisotopic (exact) mass is 278 g/mol. The third kappa shape index (κ3) is 4.49. The van der Waals surface area contributed by atoms with Crippen LogP contribution in [0.15, 0.2) is 42.1 Å².